The van der Waals surface area contributed by atoms with E-state index in [1.54, 1.807) is 7.11 Å². The molecule has 0 saturated heterocycles. The Morgan fingerprint density at radius 3 is 1.50 bits per heavy atom. The molecule has 1 heterocycles. The largest absolute Gasteiger partial charge is 0.399 e. The van der Waals surface area contributed by atoms with Gasteiger partial charge in [-0.25, -0.2) is 0 Å². The Morgan fingerprint density at radius 1 is 0.833 bits per heavy atom. The molecule has 0 aromatic carbocycles. The zero-order valence-electron chi connectivity index (χ0n) is 17.3. The predicted octanol–water partition coefficient (Wildman–Crippen LogP) is 6.34. The van der Waals surface area contributed by atoms with Gasteiger partial charge in [-0.15, -0.1) is 0 Å². The summed E-state index contributed by atoms with van der Waals surface area (Å²) in [6.07, 6.45) is 0.854. The second-order valence-corrected chi connectivity index (χ2v) is 7.78. The van der Waals surface area contributed by atoms with E-state index in [0.717, 1.165) is 12.1 Å². The first-order valence-electron chi connectivity index (χ1n) is 9.35. The summed E-state index contributed by atoms with van der Waals surface area (Å²) in [5.41, 5.74) is 7.44. The summed E-state index contributed by atoms with van der Waals surface area (Å²) in [5, 5.41) is 4.39. The average Bonchev–Trinajstić information content (AvgIpc) is 2.49. The van der Waals surface area contributed by atoms with E-state index in [9.17, 15) is 0 Å². The lowest BCUT2D eigenvalue weighted by Gasteiger charge is -2.28. The molecule has 1 aromatic rings. The van der Waals surface area contributed by atoms with Crippen LogP contribution in [0.25, 0.3) is 0 Å². The van der Waals surface area contributed by atoms with E-state index < -0.39 is 0 Å². The van der Waals surface area contributed by atoms with Gasteiger partial charge in [0.25, 0.3) is 0 Å². The molecule has 0 unspecified atom stereocenters. The van der Waals surface area contributed by atoms with Crippen LogP contribution in [-0.2, 0) is 4.84 Å². The molecule has 0 atom stereocenters. The van der Waals surface area contributed by atoms with E-state index in [-0.39, 0.29) is 0 Å². The number of oxime groups is 1. The first-order valence-corrected chi connectivity index (χ1v) is 9.35. The van der Waals surface area contributed by atoms with Gasteiger partial charge in [0.1, 0.15) is 7.11 Å². The maximum absolute atomic E-state index is 5.19. The lowest BCUT2D eigenvalue weighted by molar-refractivity contribution is 0.213. The molecule has 0 N–H and O–H groups in total. The van der Waals surface area contributed by atoms with Crippen molar-refractivity contribution >= 4 is 5.71 Å². The predicted molar refractivity (Wildman–Crippen MR) is 104 cm³/mol. The van der Waals surface area contributed by atoms with Crippen molar-refractivity contribution in [3.8, 4) is 0 Å². The Morgan fingerprint density at radius 2 is 1.25 bits per heavy atom. The molecule has 136 valence electrons. The number of hydrogen-bond donors (Lipinski definition) is 0. The van der Waals surface area contributed by atoms with Crippen LogP contribution in [0, 0.1) is 0 Å². The van der Waals surface area contributed by atoms with Gasteiger partial charge >= 0.3 is 0 Å². The van der Waals surface area contributed by atoms with E-state index >= 15 is 0 Å². The summed E-state index contributed by atoms with van der Waals surface area (Å²) in [5.74, 6) is 1.58. The van der Waals surface area contributed by atoms with Crippen LogP contribution in [0.5, 0.6) is 0 Å². The molecule has 1 aromatic heterocycles. The smallest absolute Gasteiger partial charge is 0.106 e. The molecule has 0 amide bonds. The third-order valence-electron chi connectivity index (χ3n) is 4.40. The molecule has 3 nitrogen and oxygen atoms in total. The lowest BCUT2D eigenvalue weighted by atomic mass is 9.80. The second kappa shape index (κ2) is 8.64. The molecule has 0 saturated carbocycles. The fourth-order valence-corrected chi connectivity index (χ4v) is 3.41. The molecule has 3 heteroatoms. The van der Waals surface area contributed by atoms with Crippen LogP contribution < -0.4 is 0 Å². The maximum Gasteiger partial charge on any atom is 0.106 e. The fraction of sp³-hybridized carbons (Fsp3) is 0.714. The Balaban J connectivity index is 4.05. The summed E-state index contributed by atoms with van der Waals surface area (Å²) in [6, 6.07) is 0. The minimum atomic E-state index is 0.389. The van der Waals surface area contributed by atoms with Crippen LogP contribution in [0.1, 0.15) is 120 Å². The Bertz CT molecular complexity index is 546. The zero-order valence-corrected chi connectivity index (χ0v) is 17.3. The number of nitrogens with zero attached hydrogens (tertiary/aromatic N) is 2. The minimum absolute atomic E-state index is 0.389. The molecule has 0 bridgehead atoms. The van der Waals surface area contributed by atoms with Crippen molar-refractivity contribution in [2.45, 2.75) is 92.4 Å². The quantitative estimate of drug-likeness (QED) is 0.431. The van der Waals surface area contributed by atoms with Gasteiger partial charge in [0.05, 0.1) is 5.71 Å². The van der Waals surface area contributed by atoms with Gasteiger partial charge in [-0.2, -0.15) is 0 Å². The third kappa shape index (κ3) is 4.17. The monoisotopic (exact) mass is 332 g/mol. The minimum Gasteiger partial charge on any atom is -0.399 e. The average molecular weight is 333 g/mol. The number of hydrogen-bond acceptors (Lipinski definition) is 3. The standard InChI is InChI=1S/C21H36N2O/c1-11-16(23-24-10)19-17(12(2)3)20(14(6)7)22-21(15(8)9)18(19)13(4)5/h12-15H,11H2,1-10H3/b23-16+. The molecule has 0 radical (unpaired) electrons. The highest BCUT2D eigenvalue weighted by molar-refractivity contribution is 6.03. The second-order valence-electron chi connectivity index (χ2n) is 7.78. The summed E-state index contributed by atoms with van der Waals surface area (Å²) in [4.78, 5) is 10.3. The van der Waals surface area contributed by atoms with Crippen molar-refractivity contribution in [3.63, 3.8) is 0 Å². The molecular formula is C21H36N2O. The van der Waals surface area contributed by atoms with Crippen LogP contribution >= 0.6 is 0 Å². The van der Waals surface area contributed by atoms with Gasteiger partial charge in [-0.3, -0.25) is 4.98 Å². The summed E-state index contributed by atoms with van der Waals surface area (Å²) < 4.78 is 0. The molecule has 0 fully saturated rings. The highest BCUT2D eigenvalue weighted by Gasteiger charge is 2.27. The normalized spacial score (nSPS) is 12.8. The first-order chi connectivity index (χ1) is 11.2. The number of aromatic nitrogens is 1. The van der Waals surface area contributed by atoms with Gasteiger partial charge in [-0.1, -0.05) is 67.5 Å². The zero-order chi connectivity index (χ0) is 18.6. The Labute approximate surface area is 148 Å². The van der Waals surface area contributed by atoms with Gasteiger partial charge < -0.3 is 4.84 Å². The van der Waals surface area contributed by atoms with Crippen molar-refractivity contribution in [2.24, 2.45) is 5.16 Å². The van der Waals surface area contributed by atoms with E-state index in [1.165, 1.54) is 28.1 Å². The highest BCUT2D eigenvalue weighted by atomic mass is 16.6. The fourth-order valence-electron chi connectivity index (χ4n) is 3.41. The van der Waals surface area contributed by atoms with Crippen LogP contribution in [0.2, 0.25) is 0 Å². The van der Waals surface area contributed by atoms with E-state index in [0.29, 0.717) is 23.7 Å². The number of pyridine rings is 1. The van der Waals surface area contributed by atoms with Crippen molar-refractivity contribution in [3.05, 3.63) is 28.1 Å². The van der Waals surface area contributed by atoms with Crippen molar-refractivity contribution in [1.82, 2.24) is 4.98 Å². The third-order valence-corrected chi connectivity index (χ3v) is 4.40. The van der Waals surface area contributed by atoms with Gasteiger partial charge in [0.2, 0.25) is 0 Å². The Hall–Kier alpha value is -1.38. The van der Waals surface area contributed by atoms with Crippen LogP contribution in [0.3, 0.4) is 0 Å². The molecule has 0 aliphatic heterocycles. The Kier molecular flexibility index (Phi) is 7.44. The van der Waals surface area contributed by atoms with Gasteiger partial charge in [0.15, 0.2) is 0 Å². The highest BCUT2D eigenvalue weighted by Crippen LogP contribution is 2.38. The maximum atomic E-state index is 5.19. The topological polar surface area (TPSA) is 34.5 Å². The van der Waals surface area contributed by atoms with E-state index in [4.69, 9.17) is 9.82 Å². The molecule has 24 heavy (non-hydrogen) atoms. The van der Waals surface area contributed by atoms with E-state index in [1.807, 2.05) is 0 Å². The molecule has 0 spiro atoms. The first kappa shape index (κ1) is 20.7. The van der Waals surface area contributed by atoms with Crippen LogP contribution in [-0.4, -0.2) is 17.8 Å². The van der Waals surface area contributed by atoms with Crippen molar-refractivity contribution in [2.75, 3.05) is 7.11 Å². The summed E-state index contributed by atoms with van der Waals surface area (Å²) >= 11 is 0. The summed E-state index contributed by atoms with van der Waals surface area (Å²) in [7, 11) is 1.63. The molecule has 0 aliphatic carbocycles. The van der Waals surface area contributed by atoms with E-state index in [2.05, 4.69) is 67.5 Å². The molecule has 1 rings (SSSR count). The summed E-state index contributed by atoms with van der Waals surface area (Å²) in [6.45, 7) is 20.1. The molecule has 0 aliphatic rings. The SMILES string of the molecule is CC/C(=N\OC)c1c(C(C)C)c(C(C)C)nc(C(C)C)c1C(C)C. The van der Waals surface area contributed by atoms with Gasteiger partial charge in [0, 0.05) is 17.0 Å². The van der Waals surface area contributed by atoms with Crippen molar-refractivity contribution < 1.29 is 4.84 Å². The van der Waals surface area contributed by atoms with Crippen LogP contribution in [0.4, 0.5) is 0 Å². The van der Waals surface area contributed by atoms with Crippen LogP contribution in [0.15, 0.2) is 5.16 Å². The van der Waals surface area contributed by atoms with Gasteiger partial charge in [-0.05, 0) is 41.2 Å². The number of rotatable bonds is 7. The lowest BCUT2D eigenvalue weighted by Crippen LogP contribution is -2.19. The van der Waals surface area contributed by atoms with Crippen molar-refractivity contribution in [1.29, 1.82) is 0 Å². The molecular weight excluding hydrogens is 296 g/mol.